The van der Waals surface area contributed by atoms with Crippen LogP contribution in [0.2, 0.25) is 25.7 Å². The van der Waals surface area contributed by atoms with Crippen molar-refractivity contribution in [2.45, 2.75) is 63.8 Å². The molecule has 3 heteroatoms. The van der Waals surface area contributed by atoms with E-state index in [1.165, 1.54) is 38.1 Å². The Bertz CT molecular complexity index is 185. The molecular weight excluding hydrogens is 214 g/mol. The minimum absolute atomic E-state index is 0.422. The van der Waals surface area contributed by atoms with Crippen LogP contribution in [0, 0.1) is 5.92 Å². The van der Waals surface area contributed by atoms with Gasteiger partial charge in [-0.15, -0.1) is 0 Å². The molecule has 0 saturated carbocycles. The van der Waals surface area contributed by atoms with Crippen LogP contribution in [-0.2, 0) is 4.74 Å². The second-order valence-corrected chi connectivity index (χ2v) is 12.0. The maximum absolute atomic E-state index is 6.25. The van der Waals surface area contributed by atoms with Gasteiger partial charge in [-0.3, -0.25) is 0 Å². The van der Waals surface area contributed by atoms with Gasteiger partial charge in [0.05, 0.1) is 0 Å². The molecule has 1 fully saturated rings. The molecule has 1 rings (SSSR count). The lowest BCUT2D eigenvalue weighted by atomic mass is 9.89. The van der Waals surface area contributed by atoms with Crippen LogP contribution < -0.4 is 5.73 Å². The quantitative estimate of drug-likeness (QED) is 0.574. The van der Waals surface area contributed by atoms with E-state index >= 15 is 0 Å². The smallest absolute Gasteiger partial charge is 0.0469 e. The van der Waals surface area contributed by atoms with E-state index in [0.29, 0.717) is 6.04 Å². The van der Waals surface area contributed by atoms with Crippen LogP contribution in [0.1, 0.15) is 32.1 Å². The van der Waals surface area contributed by atoms with Crippen molar-refractivity contribution in [2.75, 3.05) is 13.2 Å². The fourth-order valence-electron chi connectivity index (χ4n) is 2.42. The van der Waals surface area contributed by atoms with Gasteiger partial charge in [-0.1, -0.05) is 38.5 Å². The van der Waals surface area contributed by atoms with E-state index in [2.05, 4.69) is 19.6 Å². The number of unbranched alkanes of at least 4 members (excludes halogenated alkanes) is 1. The van der Waals surface area contributed by atoms with Crippen molar-refractivity contribution in [3.8, 4) is 0 Å². The van der Waals surface area contributed by atoms with E-state index in [0.717, 1.165) is 19.1 Å². The molecule has 1 unspecified atom stereocenters. The summed E-state index contributed by atoms with van der Waals surface area (Å²) in [6.45, 7) is 9.20. The summed E-state index contributed by atoms with van der Waals surface area (Å²) in [5.74, 6) is 0.723. The van der Waals surface area contributed by atoms with Crippen LogP contribution in [0.25, 0.3) is 0 Å². The summed E-state index contributed by atoms with van der Waals surface area (Å²) in [5.41, 5.74) is 6.25. The van der Waals surface area contributed by atoms with E-state index < -0.39 is 8.07 Å². The van der Waals surface area contributed by atoms with E-state index in [1.807, 2.05) is 0 Å². The molecule has 1 heterocycles. The predicted octanol–water partition coefficient (Wildman–Crippen LogP) is 3.25. The molecule has 1 saturated heterocycles. The maximum atomic E-state index is 6.25. The first-order valence-corrected chi connectivity index (χ1v) is 10.5. The maximum Gasteiger partial charge on any atom is 0.0469 e. The average molecular weight is 243 g/mol. The highest BCUT2D eigenvalue weighted by Gasteiger charge is 2.20. The van der Waals surface area contributed by atoms with Gasteiger partial charge in [-0.2, -0.15) is 0 Å². The second-order valence-electron chi connectivity index (χ2n) is 6.42. The summed E-state index contributed by atoms with van der Waals surface area (Å²) in [4.78, 5) is 0. The molecule has 2 nitrogen and oxygen atoms in total. The van der Waals surface area contributed by atoms with Crippen LogP contribution in [0.4, 0.5) is 0 Å². The van der Waals surface area contributed by atoms with Gasteiger partial charge >= 0.3 is 0 Å². The summed E-state index contributed by atoms with van der Waals surface area (Å²) in [5, 5.41) is 0. The normalized spacial score (nSPS) is 21.0. The largest absolute Gasteiger partial charge is 0.381 e. The molecule has 0 spiro atoms. The lowest BCUT2D eigenvalue weighted by Crippen LogP contribution is -2.34. The predicted molar refractivity (Wildman–Crippen MR) is 73.5 cm³/mol. The first-order valence-electron chi connectivity index (χ1n) is 6.82. The van der Waals surface area contributed by atoms with Crippen LogP contribution in [0.3, 0.4) is 0 Å². The molecule has 0 radical (unpaired) electrons. The standard InChI is InChI=1S/C13H29NOSi/c1-16(2,3)11-5-4-6-13(14)12-7-9-15-10-8-12/h12-13H,4-11,14H2,1-3H3. The Hall–Kier alpha value is 0.137. The Labute approximate surface area is 102 Å². The van der Waals surface area contributed by atoms with Gasteiger partial charge < -0.3 is 10.5 Å². The molecule has 0 aromatic rings. The molecule has 0 amide bonds. The SMILES string of the molecule is C[Si](C)(C)CCCCC(N)C1CCOCC1. The van der Waals surface area contributed by atoms with Crippen molar-refractivity contribution in [3.05, 3.63) is 0 Å². The number of hydrogen-bond donors (Lipinski definition) is 1. The third-order valence-corrected chi connectivity index (χ3v) is 5.44. The molecule has 0 bridgehead atoms. The summed E-state index contributed by atoms with van der Waals surface area (Å²) in [7, 11) is -0.830. The second kappa shape index (κ2) is 6.77. The highest BCUT2D eigenvalue weighted by molar-refractivity contribution is 6.76. The van der Waals surface area contributed by atoms with E-state index in [1.54, 1.807) is 0 Å². The number of nitrogens with two attached hydrogens (primary N) is 1. The van der Waals surface area contributed by atoms with Crippen molar-refractivity contribution < 1.29 is 4.74 Å². The monoisotopic (exact) mass is 243 g/mol. The Morgan fingerprint density at radius 3 is 2.38 bits per heavy atom. The Kier molecular flexibility index (Phi) is 6.01. The minimum Gasteiger partial charge on any atom is -0.381 e. The van der Waals surface area contributed by atoms with Gasteiger partial charge in [0, 0.05) is 27.3 Å². The van der Waals surface area contributed by atoms with E-state index in [4.69, 9.17) is 10.5 Å². The zero-order valence-corrected chi connectivity index (χ0v) is 12.3. The third kappa shape index (κ3) is 6.02. The average Bonchev–Trinajstić information content (AvgIpc) is 2.24. The molecule has 0 aliphatic carbocycles. The van der Waals surface area contributed by atoms with Gasteiger partial charge in [-0.25, -0.2) is 0 Å². The molecule has 1 aliphatic rings. The highest BCUT2D eigenvalue weighted by atomic mass is 28.3. The number of hydrogen-bond acceptors (Lipinski definition) is 2. The number of rotatable bonds is 6. The van der Waals surface area contributed by atoms with Crippen molar-refractivity contribution in [1.29, 1.82) is 0 Å². The fraction of sp³-hybridized carbons (Fsp3) is 1.00. The Morgan fingerprint density at radius 2 is 1.81 bits per heavy atom. The van der Waals surface area contributed by atoms with Crippen molar-refractivity contribution in [1.82, 2.24) is 0 Å². The third-order valence-electron chi connectivity index (χ3n) is 3.59. The summed E-state index contributed by atoms with van der Waals surface area (Å²) in [6.07, 6.45) is 6.27. The number of ether oxygens (including phenoxy) is 1. The Balaban J connectivity index is 2.07. The summed E-state index contributed by atoms with van der Waals surface area (Å²) < 4.78 is 5.37. The molecule has 96 valence electrons. The lowest BCUT2D eigenvalue weighted by Gasteiger charge is -2.27. The highest BCUT2D eigenvalue weighted by Crippen LogP contribution is 2.22. The van der Waals surface area contributed by atoms with Crippen LogP contribution >= 0.6 is 0 Å². The molecule has 1 aliphatic heterocycles. The van der Waals surface area contributed by atoms with Gasteiger partial charge in [0.1, 0.15) is 0 Å². The van der Waals surface area contributed by atoms with E-state index in [-0.39, 0.29) is 0 Å². The summed E-state index contributed by atoms with van der Waals surface area (Å²) in [6, 6.07) is 1.87. The van der Waals surface area contributed by atoms with Crippen molar-refractivity contribution in [3.63, 3.8) is 0 Å². The van der Waals surface area contributed by atoms with Gasteiger partial charge in [-0.05, 0) is 25.2 Å². The van der Waals surface area contributed by atoms with Gasteiger partial charge in [0.2, 0.25) is 0 Å². The van der Waals surface area contributed by atoms with Crippen LogP contribution in [-0.4, -0.2) is 27.3 Å². The summed E-state index contributed by atoms with van der Waals surface area (Å²) >= 11 is 0. The van der Waals surface area contributed by atoms with Crippen LogP contribution in [0.5, 0.6) is 0 Å². The first kappa shape index (κ1) is 14.2. The van der Waals surface area contributed by atoms with Crippen molar-refractivity contribution >= 4 is 8.07 Å². The first-order chi connectivity index (χ1) is 7.49. The Morgan fingerprint density at radius 1 is 1.19 bits per heavy atom. The molecule has 0 aromatic carbocycles. The molecule has 16 heavy (non-hydrogen) atoms. The molecule has 1 atom stereocenters. The zero-order valence-electron chi connectivity index (χ0n) is 11.3. The fourth-order valence-corrected chi connectivity index (χ4v) is 3.73. The molecule has 2 N–H and O–H groups in total. The van der Waals surface area contributed by atoms with Crippen LogP contribution in [0.15, 0.2) is 0 Å². The van der Waals surface area contributed by atoms with Gasteiger partial charge in [0.25, 0.3) is 0 Å². The van der Waals surface area contributed by atoms with Gasteiger partial charge in [0.15, 0.2) is 0 Å². The molecule has 0 aromatic heterocycles. The topological polar surface area (TPSA) is 35.2 Å². The minimum atomic E-state index is -0.830. The lowest BCUT2D eigenvalue weighted by molar-refractivity contribution is 0.0573. The van der Waals surface area contributed by atoms with E-state index in [9.17, 15) is 0 Å². The zero-order chi connectivity index (χ0) is 12.0. The van der Waals surface area contributed by atoms with Crippen molar-refractivity contribution in [2.24, 2.45) is 11.7 Å². The molecular formula is C13H29NOSi.